The highest BCUT2D eigenvalue weighted by Crippen LogP contribution is 2.37. The fourth-order valence-corrected chi connectivity index (χ4v) is 3.72. The minimum atomic E-state index is -0.824. The molecule has 1 heterocycles. The number of para-hydroxylation sites is 1. The zero-order valence-electron chi connectivity index (χ0n) is 18.1. The Bertz CT molecular complexity index is 1430. The van der Waals surface area contributed by atoms with Gasteiger partial charge in [-0.15, -0.1) is 0 Å². The minimum absolute atomic E-state index is 0.0579. The highest BCUT2D eigenvalue weighted by Gasteiger charge is 2.22. The molecule has 174 valence electrons. The van der Waals surface area contributed by atoms with E-state index in [0.717, 1.165) is 0 Å². The molecule has 0 N–H and O–H groups in total. The fraction of sp³-hybridized carbons (Fsp3) is 0.120. The van der Waals surface area contributed by atoms with Crippen LogP contribution in [0.2, 0.25) is 10.0 Å². The van der Waals surface area contributed by atoms with Crippen LogP contribution < -0.4 is 24.4 Å². The molecule has 4 rings (SSSR count). The lowest BCUT2D eigenvalue weighted by Crippen LogP contribution is -2.22. The highest BCUT2D eigenvalue weighted by atomic mass is 35.5. The smallest absolute Gasteiger partial charge is 0.349 e. The van der Waals surface area contributed by atoms with Gasteiger partial charge in [0.15, 0.2) is 23.9 Å². The van der Waals surface area contributed by atoms with Crippen molar-refractivity contribution in [2.45, 2.75) is 0 Å². The monoisotopic (exact) mass is 500 g/mol. The van der Waals surface area contributed by atoms with Crippen molar-refractivity contribution >= 4 is 40.1 Å². The van der Waals surface area contributed by atoms with Gasteiger partial charge in [0.05, 0.1) is 24.6 Å². The Morgan fingerprint density at radius 1 is 0.912 bits per heavy atom. The van der Waals surface area contributed by atoms with Crippen LogP contribution in [0.3, 0.4) is 0 Å². The van der Waals surface area contributed by atoms with E-state index in [9.17, 15) is 9.59 Å². The molecule has 3 aromatic carbocycles. The van der Waals surface area contributed by atoms with E-state index in [1.165, 1.54) is 26.4 Å². The number of hydrogen-bond donors (Lipinski definition) is 0. The second kappa shape index (κ2) is 10.1. The molecule has 0 amide bonds. The molecule has 0 bridgehead atoms. The first-order valence-corrected chi connectivity index (χ1v) is 10.7. The van der Waals surface area contributed by atoms with Gasteiger partial charge in [-0.05, 0) is 48.5 Å². The van der Waals surface area contributed by atoms with E-state index < -0.39 is 18.0 Å². The normalized spacial score (nSPS) is 10.7. The van der Waals surface area contributed by atoms with E-state index in [-0.39, 0.29) is 27.7 Å². The topological polar surface area (TPSA) is 84.2 Å². The maximum Gasteiger partial charge on any atom is 0.349 e. The zero-order valence-corrected chi connectivity index (χ0v) is 19.6. The average Bonchev–Trinajstić information content (AvgIpc) is 2.84. The van der Waals surface area contributed by atoms with Gasteiger partial charge < -0.3 is 23.4 Å². The average molecular weight is 501 g/mol. The maximum atomic E-state index is 13.2. The number of hydrogen-bond acceptors (Lipinski definition) is 7. The summed E-state index contributed by atoms with van der Waals surface area (Å²) in [6.07, 6.45) is 0. The molecule has 34 heavy (non-hydrogen) atoms. The minimum Gasteiger partial charge on any atom is -0.493 e. The number of rotatable bonds is 7. The van der Waals surface area contributed by atoms with Crippen molar-refractivity contribution in [2.75, 3.05) is 20.8 Å². The lowest BCUT2D eigenvalue weighted by molar-refractivity contribution is -0.136. The summed E-state index contributed by atoms with van der Waals surface area (Å²) >= 11 is 11.9. The molecule has 0 unspecified atom stereocenters. The summed E-state index contributed by atoms with van der Waals surface area (Å²) in [4.78, 5) is 25.8. The van der Waals surface area contributed by atoms with E-state index in [2.05, 4.69) is 0 Å². The fourth-order valence-electron chi connectivity index (χ4n) is 3.26. The molecule has 1 aromatic heterocycles. The van der Waals surface area contributed by atoms with Crippen LogP contribution in [0.15, 0.2) is 69.9 Å². The SMILES string of the molecule is COc1ccc(-c2oc3ccccc3c(=O)c2OC(=O)COc2ccc(Cl)cc2Cl)cc1OC. The standard InChI is InChI=1S/C25H18Cl2O7/c1-30-20-9-7-14(11-21(20)31-2)24-25(23(29)16-5-3-4-6-18(16)33-24)34-22(28)13-32-19-10-8-15(26)12-17(19)27/h3-12H,13H2,1-2H3. The predicted octanol–water partition coefficient (Wildman–Crippen LogP) is 5.77. The Morgan fingerprint density at radius 2 is 1.65 bits per heavy atom. The Balaban J connectivity index is 1.71. The van der Waals surface area contributed by atoms with Crippen molar-refractivity contribution in [2.24, 2.45) is 0 Å². The van der Waals surface area contributed by atoms with Gasteiger partial charge >= 0.3 is 5.97 Å². The zero-order chi connectivity index (χ0) is 24.2. The summed E-state index contributed by atoms with van der Waals surface area (Å²) in [5, 5.41) is 0.918. The predicted molar refractivity (Wildman–Crippen MR) is 129 cm³/mol. The van der Waals surface area contributed by atoms with Crippen LogP contribution in [0.25, 0.3) is 22.3 Å². The number of carbonyl (C=O) groups is 1. The van der Waals surface area contributed by atoms with Crippen molar-refractivity contribution < 1.29 is 28.2 Å². The summed E-state index contributed by atoms with van der Waals surface area (Å²) in [5.74, 6) is 0.100. The van der Waals surface area contributed by atoms with Crippen LogP contribution in [0.4, 0.5) is 0 Å². The molecule has 0 saturated heterocycles. The van der Waals surface area contributed by atoms with Crippen molar-refractivity contribution in [3.63, 3.8) is 0 Å². The summed E-state index contributed by atoms with van der Waals surface area (Å²) < 4.78 is 27.5. The van der Waals surface area contributed by atoms with E-state index in [4.69, 9.17) is 46.6 Å². The molecule has 0 aliphatic heterocycles. The molecule has 0 saturated carbocycles. The van der Waals surface area contributed by atoms with Gasteiger partial charge in [0.2, 0.25) is 11.2 Å². The number of fused-ring (bicyclic) bond motifs is 1. The molecular formula is C25H18Cl2O7. The Hall–Kier alpha value is -3.68. The molecular weight excluding hydrogens is 483 g/mol. The first-order valence-electron chi connectivity index (χ1n) is 9.98. The first kappa shape index (κ1) is 23.5. The van der Waals surface area contributed by atoms with E-state index in [1.807, 2.05) is 0 Å². The van der Waals surface area contributed by atoms with E-state index in [1.54, 1.807) is 48.5 Å². The number of methoxy groups -OCH3 is 2. The summed E-state index contributed by atoms with van der Waals surface area (Å²) in [6, 6.07) is 16.2. The van der Waals surface area contributed by atoms with Crippen LogP contribution >= 0.6 is 23.2 Å². The number of benzene rings is 3. The number of esters is 1. The van der Waals surface area contributed by atoms with Crippen molar-refractivity contribution in [1.29, 1.82) is 0 Å². The Morgan fingerprint density at radius 3 is 2.38 bits per heavy atom. The third kappa shape index (κ3) is 4.81. The first-order chi connectivity index (χ1) is 16.4. The molecule has 7 nitrogen and oxygen atoms in total. The van der Waals surface area contributed by atoms with Crippen LogP contribution in [0.1, 0.15) is 0 Å². The Labute approximate surface area is 204 Å². The largest absolute Gasteiger partial charge is 0.493 e. The van der Waals surface area contributed by atoms with Crippen LogP contribution in [-0.4, -0.2) is 26.8 Å². The number of carbonyl (C=O) groups excluding carboxylic acids is 1. The highest BCUT2D eigenvalue weighted by molar-refractivity contribution is 6.35. The van der Waals surface area contributed by atoms with Gasteiger partial charge in [-0.1, -0.05) is 35.3 Å². The maximum absolute atomic E-state index is 13.2. The van der Waals surface area contributed by atoms with Crippen LogP contribution in [0, 0.1) is 0 Å². The molecule has 0 radical (unpaired) electrons. The lowest BCUT2D eigenvalue weighted by atomic mass is 10.1. The third-order valence-electron chi connectivity index (χ3n) is 4.86. The molecule has 0 spiro atoms. The van der Waals surface area contributed by atoms with E-state index in [0.29, 0.717) is 27.7 Å². The lowest BCUT2D eigenvalue weighted by Gasteiger charge is -2.13. The van der Waals surface area contributed by atoms with Crippen molar-refractivity contribution in [3.05, 3.63) is 80.9 Å². The third-order valence-corrected chi connectivity index (χ3v) is 5.39. The second-order valence-corrected chi connectivity index (χ2v) is 7.84. The van der Waals surface area contributed by atoms with Crippen molar-refractivity contribution in [1.82, 2.24) is 0 Å². The molecule has 4 aromatic rings. The molecule has 0 aliphatic carbocycles. The summed E-state index contributed by atoms with van der Waals surface area (Å²) in [7, 11) is 2.99. The van der Waals surface area contributed by atoms with Gasteiger partial charge in [0, 0.05) is 10.6 Å². The van der Waals surface area contributed by atoms with Crippen LogP contribution in [-0.2, 0) is 4.79 Å². The van der Waals surface area contributed by atoms with Gasteiger partial charge in [0.1, 0.15) is 11.3 Å². The molecule has 9 heteroatoms. The van der Waals surface area contributed by atoms with Gasteiger partial charge in [0.25, 0.3) is 0 Å². The van der Waals surface area contributed by atoms with Gasteiger partial charge in [-0.2, -0.15) is 0 Å². The Kier molecular flexibility index (Phi) is 6.95. The van der Waals surface area contributed by atoms with Gasteiger partial charge in [-0.25, -0.2) is 4.79 Å². The number of halogens is 2. The summed E-state index contributed by atoms with van der Waals surface area (Å²) in [6.45, 7) is -0.501. The summed E-state index contributed by atoms with van der Waals surface area (Å²) in [5.41, 5.74) is 0.274. The second-order valence-electron chi connectivity index (χ2n) is 6.99. The molecule has 0 aliphatic rings. The molecule has 0 fully saturated rings. The molecule has 0 atom stereocenters. The van der Waals surface area contributed by atoms with Crippen LogP contribution in [0.5, 0.6) is 23.0 Å². The number of ether oxygens (including phenoxy) is 4. The van der Waals surface area contributed by atoms with E-state index >= 15 is 0 Å². The quantitative estimate of drug-likeness (QED) is 0.298. The van der Waals surface area contributed by atoms with Crippen molar-refractivity contribution in [3.8, 4) is 34.3 Å². The van der Waals surface area contributed by atoms with Gasteiger partial charge in [-0.3, -0.25) is 4.79 Å².